The molecule has 0 aliphatic heterocycles. The van der Waals surface area contributed by atoms with E-state index in [1.807, 2.05) is 31.2 Å². The summed E-state index contributed by atoms with van der Waals surface area (Å²) in [5.74, 6) is 0.578. The Morgan fingerprint density at radius 2 is 1.48 bits per heavy atom. The summed E-state index contributed by atoms with van der Waals surface area (Å²) in [5.41, 5.74) is 2.09. The molecule has 6 nitrogen and oxygen atoms in total. The highest BCUT2D eigenvalue weighted by atomic mass is 16.5. The maximum Gasteiger partial charge on any atom is 0.251 e. The Labute approximate surface area is 185 Å². The van der Waals surface area contributed by atoms with Gasteiger partial charge in [0.2, 0.25) is 5.91 Å². The SMILES string of the molecule is CCCCCCCOc1ccc(NCC(=O)Nc2ccc(C(=O)NCCC)cc2)cc1. The highest BCUT2D eigenvalue weighted by Crippen LogP contribution is 2.16. The number of ether oxygens (including phenoxy) is 1. The molecule has 2 aromatic carbocycles. The van der Waals surface area contributed by atoms with Crippen molar-refractivity contribution in [2.24, 2.45) is 0 Å². The molecule has 0 aliphatic carbocycles. The first-order chi connectivity index (χ1) is 15.1. The van der Waals surface area contributed by atoms with E-state index in [4.69, 9.17) is 4.74 Å². The van der Waals surface area contributed by atoms with E-state index in [1.54, 1.807) is 24.3 Å². The molecule has 2 amide bonds. The lowest BCUT2D eigenvalue weighted by molar-refractivity contribution is -0.114. The van der Waals surface area contributed by atoms with Crippen LogP contribution < -0.4 is 20.7 Å². The first-order valence-electron chi connectivity index (χ1n) is 11.3. The van der Waals surface area contributed by atoms with E-state index in [2.05, 4.69) is 22.9 Å². The van der Waals surface area contributed by atoms with Gasteiger partial charge in [-0.25, -0.2) is 0 Å². The maximum absolute atomic E-state index is 12.2. The summed E-state index contributed by atoms with van der Waals surface area (Å²) in [6.45, 7) is 5.75. The van der Waals surface area contributed by atoms with E-state index >= 15 is 0 Å². The third-order valence-electron chi connectivity index (χ3n) is 4.79. The smallest absolute Gasteiger partial charge is 0.251 e. The van der Waals surface area contributed by atoms with E-state index in [-0.39, 0.29) is 18.4 Å². The number of rotatable bonds is 14. The molecule has 0 aliphatic rings. The number of hydrogen-bond donors (Lipinski definition) is 3. The van der Waals surface area contributed by atoms with Crippen LogP contribution in [0.2, 0.25) is 0 Å². The highest BCUT2D eigenvalue weighted by molar-refractivity contribution is 5.96. The Kier molecular flexibility index (Phi) is 11.0. The number of nitrogens with one attached hydrogen (secondary N) is 3. The molecule has 2 aromatic rings. The van der Waals surface area contributed by atoms with Gasteiger partial charge in [0.05, 0.1) is 13.2 Å². The van der Waals surface area contributed by atoms with Crippen molar-refractivity contribution in [3.8, 4) is 5.75 Å². The maximum atomic E-state index is 12.2. The van der Waals surface area contributed by atoms with Crippen LogP contribution in [0.25, 0.3) is 0 Å². The van der Waals surface area contributed by atoms with Gasteiger partial charge in [0.25, 0.3) is 5.91 Å². The van der Waals surface area contributed by atoms with Crippen LogP contribution in [0.1, 0.15) is 62.7 Å². The lowest BCUT2D eigenvalue weighted by atomic mass is 10.2. The molecule has 0 bridgehead atoms. The van der Waals surface area contributed by atoms with E-state index in [0.29, 0.717) is 17.8 Å². The van der Waals surface area contributed by atoms with Crippen molar-refractivity contribution in [2.45, 2.75) is 52.4 Å². The molecule has 0 atom stereocenters. The largest absolute Gasteiger partial charge is 0.494 e. The number of benzene rings is 2. The molecule has 0 aromatic heterocycles. The van der Waals surface area contributed by atoms with Gasteiger partial charge < -0.3 is 20.7 Å². The Balaban J connectivity index is 1.69. The minimum Gasteiger partial charge on any atom is -0.494 e. The normalized spacial score (nSPS) is 10.4. The van der Waals surface area contributed by atoms with Crippen LogP contribution in [0.4, 0.5) is 11.4 Å². The quantitative estimate of drug-likeness (QED) is 0.362. The number of carbonyl (C=O) groups excluding carboxylic acids is 2. The van der Waals surface area contributed by atoms with Crippen molar-refractivity contribution in [3.63, 3.8) is 0 Å². The second-order valence-electron chi connectivity index (χ2n) is 7.52. The first kappa shape index (κ1) is 24.3. The molecule has 0 radical (unpaired) electrons. The van der Waals surface area contributed by atoms with Gasteiger partial charge in [0.15, 0.2) is 0 Å². The van der Waals surface area contributed by atoms with Crippen LogP contribution in [-0.2, 0) is 4.79 Å². The Hall–Kier alpha value is -3.02. The fourth-order valence-electron chi connectivity index (χ4n) is 3.00. The third-order valence-corrected chi connectivity index (χ3v) is 4.79. The molecular formula is C25H35N3O3. The summed E-state index contributed by atoms with van der Waals surface area (Å²) in [6.07, 6.45) is 6.97. The summed E-state index contributed by atoms with van der Waals surface area (Å²) in [7, 11) is 0. The summed E-state index contributed by atoms with van der Waals surface area (Å²) in [4.78, 5) is 24.1. The monoisotopic (exact) mass is 425 g/mol. The average molecular weight is 426 g/mol. The van der Waals surface area contributed by atoms with Gasteiger partial charge in [-0.05, 0) is 61.4 Å². The number of hydrogen-bond acceptors (Lipinski definition) is 4. The summed E-state index contributed by atoms with van der Waals surface area (Å²) >= 11 is 0. The number of anilines is 2. The fraction of sp³-hybridized carbons (Fsp3) is 0.440. The van der Waals surface area contributed by atoms with Gasteiger partial charge in [0, 0.05) is 23.5 Å². The Morgan fingerprint density at radius 1 is 0.806 bits per heavy atom. The molecular weight excluding hydrogens is 390 g/mol. The van der Waals surface area contributed by atoms with Crippen molar-refractivity contribution < 1.29 is 14.3 Å². The average Bonchev–Trinajstić information content (AvgIpc) is 2.79. The molecule has 0 unspecified atom stereocenters. The van der Waals surface area contributed by atoms with Crippen LogP contribution in [-0.4, -0.2) is 31.5 Å². The van der Waals surface area contributed by atoms with E-state index in [9.17, 15) is 9.59 Å². The highest BCUT2D eigenvalue weighted by Gasteiger charge is 2.06. The second-order valence-corrected chi connectivity index (χ2v) is 7.52. The minimum absolute atomic E-state index is 0.106. The fourth-order valence-corrected chi connectivity index (χ4v) is 3.00. The van der Waals surface area contributed by atoms with Crippen LogP contribution in [0.5, 0.6) is 5.75 Å². The molecule has 168 valence electrons. The molecule has 31 heavy (non-hydrogen) atoms. The van der Waals surface area contributed by atoms with Gasteiger partial charge >= 0.3 is 0 Å². The Morgan fingerprint density at radius 3 is 2.16 bits per heavy atom. The van der Waals surface area contributed by atoms with Gasteiger partial charge in [-0.1, -0.05) is 39.5 Å². The molecule has 6 heteroatoms. The predicted molar refractivity (Wildman–Crippen MR) is 127 cm³/mol. The summed E-state index contributed by atoms with van der Waals surface area (Å²) in [6, 6.07) is 14.5. The van der Waals surface area contributed by atoms with Crippen LogP contribution in [0, 0.1) is 0 Å². The lowest BCUT2D eigenvalue weighted by Gasteiger charge is -2.10. The second kappa shape index (κ2) is 14.1. The number of carbonyl (C=O) groups is 2. The Bertz CT molecular complexity index is 789. The van der Waals surface area contributed by atoms with Crippen molar-refractivity contribution in [1.29, 1.82) is 0 Å². The van der Waals surface area contributed by atoms with Gasteiger partial charge in [-0.15, -0.1) is 0 Å². The van der Waals surface area contributed by atoms with Crippen LogP contribution in [0.3, 0.4) is 0 Å². The van der Waals surface area contributed by atoms with Gasteiger partial charge in [-0.3, -0.25) is 9.59 Å². The molecule has 0 fully saturated rings. The van der Waals surface area contributed by atoms with Crippen molar-refractivity contribution in [2.75, 3.05) is 30.3 Å². The van der Waals surface area contributed by atoms with Crippen molar-refractivity contribution >= 4 is 23.2 Å². The minimum atomic E-state index is -0.157. The molecule has 0 heterocycles. The van der Waals surface area contributed by atoms with Crippen LogP contribution in [0.15, 0.2) is 48.5 Å². The first-order valence-corrected chi connectivity index (χ1v) is 11.3. The van der Waals surface area contributed by atoms with Gasteiger partial charge in [0.1, 0.15) is 5.75 Å². The van der Waals surface area contributed by atoms with E-state index < -0.39 is 0 Å². The zero-order chi connectivity index (χ0) is 22.3. The molecule has 2 rings (SSSR count). The van der Waals surface area contributed by atoms with E-state index in [1.165, 1.54) is 25.7 Å². The third kappa shape index (κ3) is 9.55. The van der Waals surface area contributed by atoms with Crippen LogP contribution >= 0.6 is 0 Å². The molecule has 0 saturated heterocycles. The molecule has 3 N–H and O–H groups in total. The summed E-state index contributed by atoms with van der Waals surface area (Å²) < 4.78 is 5.76. The zero-order valence-corrected chi connectivity index (χ0v) is 18.7. The number of amides is 2. The predicted octanol–water partition coefficient (Wildman–Crippen LogP) is 5.23. The zero-order valence-electron chi connectivity index (χ0n) is 18.7. The lowest BCUT2D eigenvalue weighted by Crippen LogP contribution is -2.24. The van der Waals surface area contributed by atoms with Gasteiger partial charge in [-0.2, -0.15) is 0 Å². The van der Waals surface area contributed by atoms with Crippen molar-refractivity contribution in [1.82, 2.24) is 5.32 Å². The topological polar surface area (TPSA) is 79.5 Å². The van der Waals surface area contributed by atoms with E-state index in [0.717, 1.165) is 30.9 Å². The standard InChI is InChI=1S/C25H35N3O3/c1-3-5-6-7-8-18-31-23-15-13-21(14-16-23)27-19-24(29)28-22-11-9-20(10-12-22)25(30)26-17-4-2/h9-16,27H,3-8,17-19H2,1-2H3,(H,26,30)(H,28,29). The summed E-state index contributed by atoms with van der Waals surface area (Å²) in [5, 5.41) is 8.75. The number of unbranched alkanes of at least 4 members (excludes halogenated alkanes) is 4. The van der Waals surface area contributed by atoms with Crippen molar-refractivity contribution in [3.05, 3.63) is 54.1 Å². The molecule has 0 spiro atoms. The molecule has 0 saturated carbocycles.